The van der Waals surface area contributed by atoms with Crippen LogP contribution < -0.4 is 0 Å². The average molecular weight is 170 g/mol. The van der Waals surface area contributed by atoms with E-state index in [1.54, 1.807) is 0 Å². The topological polar surface area (TPSA) is 26.3 Å². The molecule has 1 heterocycles. The first kappa shape index (κ1) is 9.72. The summed E-state index contributed by atoms with van der Waals surface area (Å²) in [7, 11) is 0. The molecule has 1 aliphatic heterocycles. The fourth-order valence-corrected chi connectivity index (χ4v) is 1.56. The molecule has 2 heteroatoms. The van der Waals surface area contributed by atoms with Crippen LogP contribution in [0.1, 0.15) is 45.4 Å². The van der Waals surface area contributed by atoms with Gasteiger partial charge in [0.1, 0.15) is 6.10 Å². The first-order chi connectivity index (χ1) is 5.84. The Kier molecular flexibility index (Phi) is 4.30. The number of hydrogen-bond acceptors (Lipinski definition) is 2. The van der Waals surface area contributed by atoms with Gasteiger partial charge in [0, 0.05) is 6.42 Å². The summed E-state index contributed by atoms with van der Waals surface area (Å²) in [6, 6.07) is 0. The lowest BCUT2D eigenvalue weighted by molar-refractivity contribution is -0.122. The van der Waals surface area contributed by atoms with E-state index >= 15 is 0 Å². The van der Waals surface area contributed by atoms with Gasteiger partial charge in [-0.05, 0) is 6.42 Å². The highest BCUT2D eigenvalue weighted by Crippen LogP contribution is 2.15. The van der Waals surface area contributed by atoms with Gasteiger partial charge in [-0.2, -0.15) is 0 Å². The lowest BCUT2D eigenvalue weighted by atomic mass is 10.1. The van der Waals surface area contributed by atoms with Crippen molar-refractivity contribution in [2.75, 3.05) is 6.61 Å². The standard InChI is InChI=1S/C10H18O2/c1-2-3-4-5-6-10-9(11)7-8-12-10/h10H,2-8H2,1H3. The summed E-state index contributed by atoms with van der Waals surface area (Å²) >= 11 is 0. The van der Waals surface area contributed by atoms with Gasteiger partial charge in [0.25, 0.3) is 0 Å². The minimum Gasteiger partial charge on any atom is -0.370 e. The number of ketones is 1. The number of carbonyl (C=O) groups excluding carboxylic acids is 1. The normalized spacial score (nSPS) is 23.4. The lowest BCUT2D eigenvalue weighted by Gasteiger charge is -2.06. The number of rotatable bonds is 5. The third-order valence-electron chi connectivity index (χ3n) is 2.35. The molecule has 1 atom stereocenters. The number of Topliss-reactive ketones (excluding diaryl/α,β-unsaturated/α-hetero) is 1. The maximum Gasteiger partial charge on any atom is 0.163 e. The Morgan fingerprint density at radius 2 is 2.25 bits per heavy atom. The molecule has 0 saturated carbocycles. The third-order valence-corrected chi connectivity index (χ3v) is 2.35. The van der Waals surface area contributed by atoms with Crippen LogP contribution in [0.15, 0.2) is 0 Å². The van der Waals surface area contributed by atoms with Crippen molar-refractivity contribution in [1.29, 1.82) is 0 Å². The van der Waals surface area contributed by atoms with Crippen molar-refractivity contribution in [3.05, 3.63) is 0 Å². The predicted octanol–water partition coefficient (Wildman–Crippen LogP) is 2.31. The van der Waals surface area contributed by atoms with Gasteiger partial charge >= 0.3 is 0 Å². The molecular formula is C10H18O2. The summed E-state index contributed by atoms with van der Waals surface area (Å²) in [4.78, 5) is 11.1. The number of ether oxygens (including phenoxy) is 1. The largest absolute Gasteiger partial charge is 0.370 e. The van der Waals surface area contributed by atoms with E-state index in [1.807, 2.05) is 0 Å². The van der Waals surface area contributed by atoms with Crippen LogP contribution in [0.2, 0.25) is 0 Å². The third kappa shape index (κ3) is 2.94. The molecule has 70 valence electrons. The van der Waals surface area contributed by atoms with Gasteiger partial charge in [-0.15, -0.1) is 0 Å². The van der Waals surface area contributed by atoms with Crippen molar-refractivity contribution in [2.24, 2.45) is 0 Å². The highest BCUT2D eigenvalue weighted by Gasteiger charge is 2.23. The highest BCUT2D eigenvalue weighted by molar-refractivity contribution is 5.84. The second-order valence-corrected chi connectivity index (χ2v) is 3.43. The van der Waals surface area contributed by atoms with Crippen LogP contribution in [0.3, 0.4) is 0 Å². The fourth-order valence-electron chi connectivity index (χ4n) is 1.56. The minimum absolute atomic E-state index is 0.0538. The number of carbonyl (C=O) groups is 1. The first-order valence-corrected chi connectivity index (χ1v) is 4.99. The van der Waals surface area contributed by atoms with Crippen molar-refractivity contribution >= 4 is 5.78 Å². The van der Waals surface area contributed by atoms with E-state index < -0.39 is 0 Å². The Labute approximate surface area is 74.3 Å². The predicted molar refractivity (Wildman–Crippen MR) is 48.1 cm³/mol. The van der Waals surface area contributed by atoms with Gasteiger partial charge in [0.2, 0.25) is 0 Å². The molecule has 1 aliphatic rings. The Morgan fingerprint density at radius 1 is 1.42 bits per heavy atom. The zero-order valence-corrected chi connectivity index (χ0v) is 7.84. The van der Waals surface area contributed by atoms with Crippen molar-refractivity contribution in [1.82, 2.24) is 0 Å². The Bertz CT molecular complexity index is 143. The zero-order chi connectivity index (χ0) is 8.81. The second kappa shape index (κ2) is 5.31. The van der Waals surface area contributed by atoms with Crippen LogP contribution in [0.5, 0.6) is 0 Å². The first-order valence-electron chi connectivity index (χ1n) is 4.99. The smallest absolute Gasteiger partial charge is 0.163 e. The van der Waals surface area contributed by atoms with Crippen LogP contribution in [0.25, 0.3) is 0 Å². The monoisotopic (exact) mass is 170 g/mol. The summed E-state index contributed by atoms with van der Waals surface area (Å²) < 4.78 is 5.30. The summed E-state index contributed by atoms with van der Waals surface area (Å²) in [6.45, 7) is 2.84. The molecule has 0 aromatic carbocycles. The van der Waals surface area contributed by atoms with Crippen molar-refractivity contribution in [3.8, 4) is 0 Å². The summed E-state index contributed by atoms with van der Waals surface area (Å²) in [5.74, 6) is 0.312. The van der Waals surface area contributed by atoms with Crippen LogP contribution in [-0.4, -0.2) is 18.5 Å². The molecule has 1 rings (SSSR count). The SMILES string of the molecule is CCCCCCC1OCCC1=O. The molecule has 1 unspecified atom stereocenters. The van der Waals surface area contributed by atoms with Crippen LogP contribution in [-0.2, 0) is 9.53 Å². The maximum atomic E-state index is 11.1. The molecule has 0 aliphatic carbocycles. The molecule has 0 radical (unpaired) electrons. The molecule has 0 aromatic heterocycles. The van der Waals surface area contributed by atoms with E-state index in [1.165, 1.54) is 19.3 Å². The Balaban J connectivity index is 2.02. The molecule has 0 amide bonds. The lowest BCUT2D eigenvalue weighted by Crippen LogP contribution is -2.14. The van der Waals surface area contributed by atoms with Gasteiger partial charge in [-0.3, -0.25) is 4.79 Å². The van der Waals surface area contributed by atoms with Gasteiger partial charge < -0.3 is 4.74 Å². The van der Waals surface area contributed by atoms with E-state index in [4.69, 9.17) is 4.74 Å². The van der Waals surface area contributed by atoms with Gasteiger partial charge in [-0.1, -0.05) is 32.6 Å². The summed E-state index contributed by atoms with van der Waals surface area (Å²) in [5.41, 5.74) is 0. The van der Waals surface area contributed by atoms with Crippen LogP contribution >= 0.6 is 0 Å². The van der Waals surface area contributed by atoms with Crippen molar-refractivity contribution in [2.45, 2.75) is 51.6 Å². The zero-order valence-electron chi connectivity index (χ0n) is 7.84. The number of unbranched alkanes of at least 4 members (excludes halogenated alkanes) is 3. The molecule has 1 fully saturated rings. The highest BCUT2D eigenvalue weighted by atomic mass is 16.5. The van der Waals surface area contributed by atoms with E-state index in [0.717, 1.165) is 12.8 Å². The molecular weight excluding hydrogens is 152 g/mol. The molecule has 0 N–H and O–H groups in total. The molecule has 2 nitrogen and oxygen atoms in total. The fraction of sp³-hybridized carbons (Fsp3) is 0.900. The van der Waals surface area contributed by atoms with Crippen LogP contribution in [0, 0.1) is 0 Å². The number of hydrogen-bond donors (Lipinski definition) is 0. The Morgan fingerprint density at radius 3 is 2.83 bits per heavy atom. The minimum atomic E-state index is -0.0538. The summed E-state index contributed by atoms with van der Waals surface area (Å²) in [6.07, 6.45) is 6.44. The van der Waals surface area contributed by atoms with E-state index in [-0.39, 0.29) is 6.10 Å². The van der Waals surface area contributed by atoms with Crippen LogP contribution in [0.4, 0.5) is 0 Å². The van der Waals surface area contributed by atoms with Gasteiger partial charge in [0.05, 0.1) is 6.61 Å². The summed E-state index contributed by atoms with van der Waals surface area (Å²) in [5, 5.41) is 0. The molecule has 12 heavy (non-hydrogen) atoms. The van der Waals surface area contributed by atoms with E-state index in [0.29, 0.717) is 18.8 Å². The van der Waals surface area contributed by atoms with Gasteiger partial charge in [0.15, 0.2) is 5.78 Å². The van der Waals surface area contributed by atoms with Crippen molar-refractivity contribution in [3.63, 3.8) is 0 Å². The molecule has 0 spiro atoms. The van der Waals surface area contributed by atoms with E-state index in [2.05, 4.69) is 6.92 Å². The molecule has 1 saturated heterocycles. The van der Waals surface area contributed by atoms with Crippen molar-refractivity contribution < 1.29 is 9.53 Å². The Hall–Kier alpha value is -0.370. The maximum absolute atomic E-state index is 11.1. The average Bonchev–Trinajstić information content (AvgIpc) is 2.46. The van der Waals surface area contributed by atoms with Gasteiger partial charge in [-0.25, -0.2) is 0 Å². The van der Waals surface area contributed by atoms with E-state index in [9.17, 15) is 4.79 Å². The molecule has 0 bridgehead atoms. The second-order valence-electron chi connectivity index (χ2n) is 3.43. The molecule has 0 aromatic rings. The quantitative estimate of drug-likeness (QED) is 0.592.